The highest BCUT2D eigenvalue weighted by Gasteiger charge is 2.57. The maximum atomic E-state index is 12.5. The maximum Gasteiger partial charge on any atom is 0.303 e. The molecule has 2 saturated heterocycles. The molecule has 0 saturated carbocycles. The van der Waals surface area contributed by atoms with Crippen LogP contribution in [0.2, 0.25) is 0 Å². The van der Waals surface area contributed by atoms with Crippen molar-refractivity contribution in [3.8, 4) is 0 Å². The third-order valence-electron chi connectivity index (χ3n) is 6.36. The Morgan fingerprint density at radius 1 is 0.500 bits per heavy atom. The number of hydrogen-bond donors (Lipinski definition) is 0. The van der Waals surface area contributed by atoms with E-state index in [1.807, 2.05) is 20.8 Å². The van der Waals surface area contributed by atoms with Gasteiger partial charge in [0.2, 0.25) is 0 Å². The Balaban J connectivity index is 2.75. The zero-order valence-corrected chi connectivity index (χ0v) is 29.4. The molecule has 2 rings (SSSR count). The standard InChI is InChI=1S/C30H44O17S/c1-13(31)38-11-20-22(40-15(3)33)24(41-16(4)34)26(43-18(6)36)28(45-20)47-23-21(12-39-14(2)32)46-29(48-30(8,9)10)27(44-19(7)37)25(23)42-17(5)35/h20-29H,11-12H2,1-10H3/t20-,21-,22-,23-,24+,25+,26-,27-,28+,29?/m1/s1. The van der Waals surface area contributed by atoms with Crippen LogP contribution in [-0.4, -0.2) is 120 Å². The molecule has 0 radical (unpaired) electrons. The lowest BCUT2D eigenvalue weighted by molar-refractivity contribution is -0.341. The molecule has 2 fully saturated rings. The second kappa shape index (κ2) is 17.8. The highest BCUT2D eigenvalue weighted by Crippen LogP contribution is 2.41. The number of carbonyl (C=O) groups excluding carboxylic acids is 7. The summed E-state index contributed by atoms with van der Waals surface area (Å²) in [5.41, 5.74) is -0.978. The molecule has 2 heterocycles. The van der Waals surface area contributed by atoms with E-state index in [0.717, 1.165) is 48.5 Å². The summed E-state index contributed by atoms with van der Waals surface area (Å²) in [6, 6.07) is 0. The maximum absolute atomic E-state index is 12.5. The Kier molecular flexibility index (Phi) is 15.1. The van der Waals surface area contributed by atoms with Crippen LogP contribution in [0.25, 0.3) is 0 Å². The van der Waals surface area contributed by atoms with Crippen LogP contribution in [0.4, 0.5) is 0 Å². The van der Waals surface area contributed by atoms with Gasteiger partial charge in [0.05, 0.1) is 0 Å². The molecule has 48 heavy (non-hydrogen) atoms. The minimum Gasteiger partial charge on any atom is -0.463 e. The smallest absolute Gasteiger partial charge is 0.303 e. The van der Waals surface area contributed by atoms with Crippen LogP contribution in [0.15, 0.2) is 0 Å². The Labute approximate surface area is 282 Å². The molecule has 0 aromatic carbocycles. The lowest BCUT2D eigenvalue weighted by Crippen LogP contribution is -2.67. The van der Waals surface area contributed by atoms with E-state index in [9.17, 15) is 33.6 Å². The molecule has 0 N–H and O–H groups in total. The first-order valence-corrected chi connectivity index (χ1v) is 15.8. The molecule has 2 aliphatic rings. The van der Waals surface area contributed by atoms with Crippen molar-refractivity contribution in [1.82, 2.24) is 0 Å². The van der Waals surface area contributed by atoms with Gasteiger partial charge in [0.25, 0.3) is 0 Å². The quantitative estimate of drug-likeness (QED) is 0.205. The topological polar surface area (TPSA) is 212 Å². The molecule has 18 heteroatoms. The van der Waals surface area contributed by atoms with E-state index < -0.39 is 120 Å². The highest BCUT2D eigenvalue weighted by atomic mass is 32.2. The van der Waals surface area contributed by atoms with Gasteiger partial charge in [0, 0.05) is 53.2 Å². The molecule has 0 aliphatic carbocycles. The number of esters is 7. The summed E-state index contributed by atoms with van der Waals surface area (Å²) in [4.78, 5) is 85.1. The van der Waals surface area contributed by atoms with Gasteiger partial charge in [-0.05, 0) is 0 Å². The van der Waals surface area contributed by atoms with Gasteiger partial charge in [-0.25, -0.2) is 0 Å². The molecule has 17 nitrogen and oxygen atoms in total. The van der Waals surface area contributed by atoms with Crippen molar-refractivity contribution in [3.63, 3.8) is 0 Å². The van der Waals surface area contributed by atoms with Gasteiger partial charge in [-0.3, -0.25) is 33.6 Å². The van der Waals surface area contributed by atoms with Crippen molar-refractivity contribution in [2.45, 2.75) is 135 Å². The first kappa shape index (κ1) is 40.7. The predicted molar refractivity (Wildman–Crippen MR) is 161 cm³/mol. The van der Waals surface area contributed by atoms with Crippen molar-refractivity contribution < 1.29 is 80.9 Å². The second-order valence-corrected chi connectivity index (χ2v) is 13.8. The molecule has 0 amide bonds. The summed E-state index contributed by atoms with van der Waals surface area (Å²) in [5.74, 6) is -5.56. The van der Waals surface area contributed by atoms with E-state index >= 15 is 0 Å². The Bertz CT molecular complexity index is 1200. The van der Waals surface area contributed by atoms with E-state index in [1.165, 1.54) is 11.8 Å². The third kappa shape index (κ3) is 12.9. The SMILES string of the molecule is CC(=O)OC[C@H]1O[C@@H](O[C@H]2[C@H](OC(C)=O)[C@@H](OC(C)=O)C(SC(C)(C)C)O[C@@H]2COC(C)=O)[C@H](OC(C)=O)[C@@H](OC(C)=O)[C@@H]1OC(C)=O. The Morgan fingerprint density at radius 2 is 0.875 bits per heavy atom. The van der Waals surface area contributed by atoms with Gasteiger partial charge in [-0.1, -0.05) is 20.8 Å². The van der Waals surface area contributed by atoms with Crippen LogP contribution < -0.4 is 0 Å². The summed E-state index contributed by atoms with van der Waals surface area (Å²) >= 11 is 1.23. The highest BCUT2D eigenvalue weighted by molar-refractivity contribution is 8.01. The molecular formula is C30H44O17S. The third-order valence-corrected chi connectivity index (χ3v) is 7.67. The average molecular weight is 709 g/mol. The van der Waals surface area contributed by atoms with Gasteiger partial charge in [0.1, 0.15) is 37.0 Å². The summed E-state index contributed by atoms with van der Waals surface area (Å²) in [5, 5.41) is 0. The molecule has 0 bridgehead atoms. The first-order chi connectivity index (χ1) is 22.2. The van der Waals surface area contributed by atoms with Gasteiger partial charge in [-0.2, -0.15) is 0 Å². The van der Waals surface area contributed by atoms with Crippen molar-refractivity contribution in [1.29, 1.82) is 0 Å². The lowest BCUT2D eigenvalue weighted by atomic mass is 9.96. The summed E-state index contributed by atoms with van der Waals surface area (Å²) in [6.45, 7) is 12.3. The minimum absolute atomic E-state index is 0.447. The van der Waals surface area contributed by atoms with Gasteiger partial charge in [0.15, 0.2) is 36.8 Å². The van der Waals surface area contributed by atoms with Crippen molar-refractivity contribution in [3.05, 3.63) is 0 Å². The predicted octanol–water partition coefficient (Wildman–Crippen LogP) is 1.14. The molecule has 1 unspecified atom stereocenters. The fourth-order valence-corrected chi connectivity index (χ4v) is 6.16. The normalized spacial score (nSPS) is 30.2. The number of thioether (sulfide) groups is 1. The van der Waals surface area contributed by atoms with Gasteiger partial charge >= 0.3 is 41.8 Å². The van der Waals surface area contributed by atoms with E-state index in [1.54, 1.807) is 0 Å². The lowest BCUT2D eigenvalue weighted by Gasteiger charge is -2.49. The van der Waals surface area contributed by atoms with Crippen LogP contribution in [0.3, 0.4) is 0 Å². The summed E-state index contributed by atoms with van der Waals surface area (Å²) in [6.07, 6.45) is -13.2. The largest absolute Gasteiger partial charge is 0.463 e. The second-order valence-electron chi connectivity index (χ2n) is 11.9. The number of ether oxygens (including phenoxy) is 10. The summed E-state index contributed by atoms with van der Waals surface area (Å²) in [7, 11) is 0. The minimum atomic E-state index is -1.73. The van der Waals surface area contributed by atoms with Crippen LogP contribution in [0, 0.1) is 0 Å². The van der Waals surface area contributed by atoms with Crippen LogP contribution in [-0.2, 0) is 80.9 Å². The first-order valence-electron chi connectivity index (χ1n) is 15.0. The van der Waals surface area contributed by atoms with Crippen LogP contribution in [0.5, 0.6) is 0 Å². The van der Waals surface area contributed by atoms with Crippen LogP contribution in [0.1, 0.15) is 69.2 Å². The van der Waals surface area contributed by atoms with Crippen molar-refractivity contribution in [2.24, 2.45) is 0 Å². The van der Waals surface area contributed by atoms with E-state index in [2.05, 4.69) is 0 Å². The molecule has 272 valence electrons. The zero-order valence-electron chi connectivity index (χ0n) is 28.5. The van der Waals surface area contributed by atoms with Gasteiger partial charge < -0.3 is 47.4 Å². The fraction of sp³-hybridized carbons (Fsp3) is 0.767. The van der Waals surface area contributed by atoms with Crippen LogP contribution >= 0.6 is 11.8 Å². The molecular weight excluding hydrogens is 664 g/mol. The van der Waals surface area contributed by atoms with Gasteiger partial charge in [-0.15, -0.1) is 11.8 Å². The zero-order chi connectivity index (χ0) is 36.5. The number of carbonyl (C=O) groups is 7. The fourth-order valence-electron chi connectivity index (χ4n) is 4.92. The Hall–Kier alpha value is -3.48. The number of rotatable bonds is 12. The van der Waals surface area contributed by atoms with E-state index in [0.29, 0.717) is 0 Å². The molecule has 0 aromatic rings. The monoisotopic (exact) mass is 708 g/mol. The molecule has 10 atom stereocenters. The average Bonchev–Trinajstić information content (AvgIpc) is 2.90. The van der Waals surface area contributed by atoms with E-state index in [-0.39, 0.29) is 0 Å². The van der Waals surface area contributed by atoms with Crippen molar-refractivity contribution in [2.75, 3.05) is 13.2 Å². The molecule has 0 spiro atoms. The Morgan fingerprint density at radius 3 is 1.29 bits per heavy atom. The van der Waals surface area contributed by atoms with Crippen molar-refractivity contribution >= 4 is 53.5 Å². The molecule has 2 aliphatic heterocycles. The molecule has 0 aromatic heterocycles. The summed E-state index contributed by atoms with van der Waals surface area (Å²) < 4.78 is 56.2. The van der Waals surface area contributed by atoms with E-state index in [4.69, 9.17) is 47.4 Å². The number of hydrogen-bond acceptors (Lipinski definition) is 18.